The molecule has 1 aliphatic heterocycles. The largest absolute Gasteiger partial charge is 0.496 e. The molecule has 4 heteroatoms. The number of para-hydroxylation sites is 1. The van der Waals surface area contributed by atoms with Gasteiger partial charge in [-0.3, -0.25) is 4.90 Å². The Morgan fingerprint density at radius 3 is 2.89 bits per heavy atom. The molecule has 0 atom stereocenters. The summed E-state index contributed by atoms with van der Waals surface area (Å²) in [6.45, 7) is 3.48. The average molecular weight is 260 g/mol. The Balaban J connectivity index is 1.83. The third-order valence-corrected chi connectivity index (χ3v) is 4.23. The zero-order chi connectivity index (χ0) is 12.4. The van der Waals surface area contributed by atoms with Gasteiger partial charge in [-0.2, -0.15) is 0 Å². The molecule has 0 aliphatic carbocycles. The Hall–Kier alpha value is -1.39. The number of thiazole rings is 1. The van der Waals surface area contributed by atoms with Crippen LogP contribution in [0.25, 0.3) is 10.6 Å². The number of rotatable bonds is 4. The number of nitrogens with zero attached hydrogens (tertiary/aromatic N) is 2. The predicted octanol–water partition coefficient (Wildman–Crippen LogP) is 3.02. The van der Waals surface area contributed by atoms with Gasteiger partial charge in [0.25, 0.3) is 0 Å². The van der Waals surface area contributed by atoms with Gasteiger partial charge in [-0.1, -0.05) is 12.1 Å². The lowest BCUT2D eigenvalue weighted by Crippen LogP contribution is -2.35. The predicted molar refractivity (Wildman–Crippen MR) is 74.0 cm³/mol. The van der Waals surface area contributed by atoms with Crippen LogP contribution in [0.2, 0.25) is 0 Å². The van der Waals surface area contributed by atoms with Gasteiger partial charge in [0.15, 0.2) is 0 Å². The van der Waals surface area contributed by atoms with Crippen LogP contribution >= 0.6 is 11.3 Å². The molecular weight excluding hydrogens is 244 g/mol. The molecule has 0 N–H and O–H groups in total. The van der Waals surface area contributed by atoms with Gasteiger partial charge in [0.05, 0.1) is 12.7 Å². The van der Waals surface area contributed by atoms with Crippen LogP contribution < -0.4 is 4.74 Å². The van der Waals surface area contributed by atoms with Gasteiger partial charge in [0, 0.05) is 17.6 Å². The molecule has 2 heterocycles. The fraction of sp³-hybridized carbons (Fsp3) is 0.357. The van der Waals surface area contributed by atoms with Gasteiger partial charge in [0.1, 0.15) is 10.8 Å². The monoisotopic (exact) mass is 260 g/mol. The van der Waals surface area contributed by atoms with Crippen molar-refractivity contribution < 1.29 is 4.74 Å². The molecule has 1 fully saturated rings. The van der Waals surface area contributed by atoms with E-state index in [4.69, 9.17) is 4.74 Å². The number of methoxy groups -OCH3 is 1. The number of ether oxygens (including phenoxy) is 1. The van der Waals surface area contributed by atoms with Crippen molar-refractivity contribution in [2.24, 2.45) is 0 Å². The molecule has 94 valence electrons. The van der Waals surface area contributed by atoms with Crippen LogP contribution in [0.15, 0.2) is 30.5 Å². The van der Waals surface area contributed by atoms with Crippen molar-refractivity contribution in [3.63, 3.8) is 0 Å². The quantitative estimate of drug-likeness (QED) is 0.845. The van der Waals surface area contributed by atoms with Crippen LogP contribution in [0.1, 0.15) is 11.3 Å². The Labute approximate surface area is 111 Å². The second-order valence-electron chi connectivity index (χ2n) is 4.46. The molecule has 1 saturated heterocycles. The maximum Gasteiger partial charge on any atom is 0.129 e. The number of aromatic nitrogens is 1. The SMILES string of the molecule is COc1ccccc1-c1ncc(CN2CCC2)s1. The van der Waals surface area contributed by atoms with E-state index < -0.39 is 0 Å². The molecule has 0 unspecified atom stereocenters. The van der Waals surface area contributed by atoms with Gasteiger partial charge in [-0.15, -0.1) is 11.3 Å². The molecular formula is C14H16N2OS. The summed E-state index contributed by atoms with van der Waals surface area (Å²) in [7, 11) is 1.70. The molecule has 0 radical (unpaired) electrons. The minimum Gasteiger partial charge on any atom is -0.496 e. The van der Waals surface area contributed by atoms with Gasteiger partial charge < -0.3 is 4.74 Å². The van der Waals surface area contributed by atoms with Crippen molar-refractivity contribution >= 4 is 11.3 Å². The summed E-state index contributed by atoms with van der Waals surface area (Å²) in [5.74, 6) is 0.891. The topological polar surface area (TPSA) is 25.4 Å². The minimum absolute atomic E-state index is 0.891. The van der Waals surface area contributed by atoms with Gasteiger partial charge >= 0.3 is 0 Å². The third kappa shape index (κ3) is 2.26. The van der Waals surface area contributed by atoms with Crippen molar-refractivity contribution in [3.05, 3.63) is 35.3 Å². The molecule has 0 spiro atoms. The highest BCUT2D eigenvalue weighted by Gasteiger charge is 2.16. The van der Waals surface area contributed by atoms with Crippen LogP contribution in [0.4, 0.5) is 0 Å². The minimum atomic E-state index is 0.891. The van der Waals surface area contributed by atoms with Crippen molar-refractivity contribution in [1.82, 2.24) is 9.88 Å². The molecule has 0 saturated carbocycles. The van der Waals surface area contributed by atoms with Gasteiger partial charge in [0.2, 0.25) is 0 Å². The lowest BCUT2D eigenvalue weighted by Gasteiger charge is -2.29. The van der Waals surface area contributed by atoms with E-state index in [-0.39, 0.29) is 0 Å². The molecule has 3 nitrogen and oxygen atoms in total. The number of hydrogen-bond donors (Lipinski definition) is 0. The van der Waals surface area contributed by atoms with Crippen LogP contribution in [0, 0.1) is 0 Å². The first-order valence-corrected chi connectivity index (χ1v) is 6.99. The van der Waals surface area contributed by atoms with E-state index >= 15 is 0 Å². The molecule has 2 aromatic rings. The normalized spacial score (nSPS) is 15.4. The lowest BCUT2D eigenvalue weighted by atomic mass is 10.2. The lowest BCUT2D eigenvalue weighted by molar-refractivity contribution is 0.174. The highest BCUT2D eigenvalue weighted by atomic mass is 32.1. The summed E-state index contributed by atoms with van der Waals surface area (Å²) in [6.07, 6.45) is 3.32. The molecule has 0 amide bonds. The van der Waals surface area contributed by atoms with Crippen molar-refractivity contribution in [2.75, 3.05) is 20.2 Å². The van der Waals surface area contributed by atoms with E-state index in [1.165, 1.54) is 24.4 Å². The van der Waals surface area contributed by atoms with E-state index in [2.05, 4.69) is 16.0 Å². The molecule has 1 aliphatic rings. The van der Waals surface area contributed by atoms with Gasteiger partial charge in [-0.25, -0.2) is 4.98 Å². The summed E-state index contributed by atoms with van der Waals surface area (Å²) in [6, 6.07) is 8.04. The first kappa shape index (κ1) is 11.7. The highest BCUT2D eigenvalue weighted by molar-refractivity contribution is 7.15. The maximum atomic E-state index is 5.38. The molecule has 18 heavy (non-hydrogen) atoms. The number of likely N-dealkylation sites (tertiary alicyclic amines) is 1. The molecule has 1 aromatic heterocycles. The fourth-order valence-corrected chi connectivity index (χ4v) is 3.07. The van der Waals surface area contributed by atoms with Crippen molar-refractivity contribution in [2.45, 2.75) is 13.0 Å². The smallest absolute Gasteiger partial charge is 0.129 e. The standard InChI is InChI=1S/C14H16N2OS/c1-17-13-6-3-2-5-12(13)14-15-9-11(18-14)10-16-7-4-8-16/h2-3,5-6,9H,4,7-8,10H2,1H3. The average Bonchev–Trinajstić information content (AvgIpc) is 2.82. The summed E-state index contributed by atoms with van der Waals surface area (Å²) < 4.78 is 5.38. The Bertz CT molecular complexity index is 534. The fourth-order valence-electron chi connectivity index (χ4n) is 2.09. The van der Waals surface area contributed by atoms with Gasteiger partial charge in [-0.05, 0) is 31.6 Å². The Morgan fingerprint density at radius 1 is 1.33 bits per heavy atom. The Morgan fingerprint density at radius 2 is 2.17 bits per heavy atom. The highest BCUT2D eigenvalue weighted by Crippen LogP contribution is 2.33. The summed E-state index contributed by atoms with van der Waals surface area (Å²) >= 11 is 1.76. The Kier molecular flexibility index (Phi) is 3.30. The second-order valence-corrected chi connectivity index (χ2v) is 5.58. The zero-order valence-corrected chi connectivity index (χ0v) is 11.2. The number of benzene rings is 1. The number of hydrogen-bond acceptors (Lipinski definition) is 4. The van der Waals surface area contributed by atoms with E-state index in [1.807, 2.05) is 24.4 Å². The van der Waals surface area contributed by atoms with Crippen molar-refractivity contribution in [1.29, 1.82) is 0 Å². The van der Waals surface area contributed by atoms with Crippen LogP contribution in [0.3, 0.4) is 0 Å². The first-order valence-electron chi connectivity index (χ1n) is 6.17. The maximum absolute atomic E-state index is 5.38. The molecule has 3 rings (SSSR count). The molecule has 1 aromatic carbocycles. The van der Waals surface area contributed by atoms with Crippen LogP contribution in [-0.2, 0) is 6.54 Å². The first-order chi connectivity index (χ1) is 8.86. The van der Waals surface area contributed by atoms with E-state index in [9.17, 15) is 0 Å². The second kappa shape index (κ2) is 5.08. The van der Waals surface area contributed by atoms with E-state index in [0.29, 0.717) is 0 Å². The zero-order valence-electron chi connectivity index (χ0n) is 10.4. The van der Waals surface area contributed by atoms with E-state index in [1.54, 1.807) is 18.4 Å². The van der Waals surface area contributed by atoms with Crippen molar-refractivity contribution in [3.8, 4) is 16.3 Å². The van der Waals surface area contributed by atoms with Crippen LogP contribution in [0.5, 0.6) is 5.75 Å². The van der Waals surface area contributed by atoms with Crippen LogP contribution in [-0.4, -0.2) is 30.1 Å². The van der Waals surface area contributed by atoms with E-state index in [0.717, 1.165) is 22.9 Å². The third-order valence-electron chi connectivity index (χ3n) is 3.22. The molecule has 0 bridgehead atoms. The summed E-state index contributed by atoms with van der Waals surface area (Å²) in [5.41, 5.74) is 1.08. The summed E-state index contributed by atoms with van der Waals surface area (Å²) in [4.78, 5) is 8.29. The summed E-state index contributed by atoms with van der Waals surface area (Å²) in [5, 5.41) is 1.04.